The lowest BCUT2D eigenvalue weighted by molar-refractivity contribution is 0.0992. The number of hydrogen-bond acceptors (Lipinski definition) is 10. The van der Waals surface area contributed by atoms with E-state index in [4.69, 9.17) is 16.3 Å². The van der Waals surface area contributed by atoms with Crippen LogP contribution < -0.4 is 26.2 Å². The van der Waals surface area contributed by atoms with Crippen molar-refractivity contribution in [2.24, 2.45) is 0 Å². The molecule has 2 atom stereocenters. The van der Waals surface area contributed by atoms with Crippen LogP contribution >= 0.6 is 11.6 Å². The van der Waals surface area contributed by atoms with Gasteiger partial charge in [0.05, 0.1) is 46.4 Å². The minimum absolute atomic E-state index is 0.185. The molecule has 5 rings (SSSR count). The number of nitrogens with zero attached hydrogens (tertiary/aromatic N) is 7. The van der Waals surface area contributed by atoms with Crippen LogP contribution in [0.1, 0.15) is 31.0 Å². The first kappa shape index (κ1) is 25.3. The maximum absolute atomic E-state index is 12.1. The molecule has 2 aromatic heterocycles. The Balaban J connectivity index is 1.47. The van der Waals surface area contributed by atoms with Crippen LogP contribution in [0, 0.1) is 22.7 Å². The number of halogens is 1. The molecule has 0 spiro atoms. The largest absolute Gasteiger partial charge is 0.377 e. The van der Waals surface area contributed by atoms with Crippen LogP contribution in [0.15, 0.2) is 18.3 Å². The van der Waals surface area contributed by atoms with Crippen molar-refractivity contribution in [3.05, 3.63) is 34.6 Å². The molecular weight excluding hydrogens is 510 g/mol. The van der Waals surface area contributed by atoms with Crippen molar-refractivity contribution in [3.63, 3.8) is 0 Å². The molecule has 1 saturated carbocycles. The highest BCUT2D eigenvalue weighted by molar-refractivity contribution is 6.36. The number of amides is 2. The maximum Gasteiger partial charge on any atom is 0.315 e. The number of fused-ring (bicyclic) bond motifs is 1. The van der Waals surface area contributed by atoms with Crippen molar-refractivity contribution in [1.29, 1.82) is 10.5 Å². The first-order valence-corrected chi connectivity index (χ1v) is 12.6. The molecule has 1 aliphatic heterocycles. The maximum atomic E-state index is 12.1. The van der Waals surface area contributed by atoms with Gasteiger partial charge in [-0.15, -0.1) is 5.10 Å². The van der Waals surface area contributed by atoms with Gasteiger partial charge in [-0.05, 0) is 31.9 Å². The number of rotatable bonds is 8. The predicted molar refractivity (Wildman–Crippen MR) is 141 cm³/mol. The first-order chi connectivity index (χ1) is 18.4. The number of hydrogen-bond donors (Lipinski definition) is 4. The molecule has 13 nitrogen and oxygen atoms in total. The second kappa shape index (κ2) is 10.6. The summed E-state index contributed by atoms with van der Waals surface area (Å²) >= 11 is 6.85. The van der Waals surface area contributed by atoms with Gasteiger partial charge in [0.15, 0.2) is 17.2 Å². The second-order valence-electron chi connectivity index (χ2n) is 9.08. The molecule has 0 bridgehead atoms. The number of imidazole rings is 1. The number of benzene rings is 1. The molecule has 38 heavy (non-hydrogen) atoms. The normalized spacial score (nSPS) is 18.6. The summed E-state index contributed by atoms with van der Waals surface area (Å²) in [4.78, 5) is 23.0. The molecule has 3 aromatic rings. The summed E-state index contributed by atoms with van der Waals surface area (Å²) in [5, 5.41) is 36.1. The van der Waals surface area contributed by atoms with Crippen molar-refractivity contribution in [2.75, 3.05) is 42.3 Å². The fourth-order valence-electron chi connectivity index (χ4n) is 4.37. The van der Waals surface area contributed by atoms with Gasteiger partial charge in [-0.3, -0.25) is 0 Å². The average Bonchev–Trinajstić information content (AvgIpc) is 3.48. The van der Waals surface area contributed by atoms with Gasteiger partial charge in [0, 0.05) is 32.8 Å². The molecule has 2 aliphatic rings. The molecule has 1 aromatic carbocycles. The average molecular weight is 536 g/mol. The van der Waals surface area contributed by atoms with Gasteiger partial charge < -0.3 is 30.9 Å². The van der Waals surface area contributed by atoms with Crippen LogP contribution in [0.25, 0.3) is 5.65 Å². The zero-order valence-corrected chi connectivity index (χ0v) is 21.6. The molecule has 4 N–H and O–H groups in total. The van der Waals surface area contributed by atoms with E-state index in [1.807, 2.05) is 11.8 Å². The van der Waals surface area contributed by atoms with Crippen molar-refractivity contribution < 1.29 is 9.53 Å². The Hall–Kier alpha value is -4.33. The molecule has 0 radical (unpaired) electrons. The number of carbonyl (C=O) groups is 1. The number of nitrogens with one attached hydrogen (secondary N) is 4. The fourth-order valence-corrected chi connectivity index (χ4v) is 4.65. The Morgan fingerprint density at radius 1 is 1.26 bits per heavy atom. The summed E-state index contributed by atoms with van der Waals surface area (Å²) in [6.07, 6.45) is 3.22. The van der Waals surface area contributed by atoms with Gasteiger partial charge in [-0.2, -0.15) is 20.0 Å². The van der Waals surface area contributed by atoms with Crippen LogP contribution in [0.2, 0.25) is 5.02 Å². The molecule has 1 aliphatic carbocycles. The Kier molecular flexibility index (Phi) is 7.05. The van der Waals surface area contributed by atoms with Crippen LogP contribution in [-0.4, -0.2) is 70.5 Å². The molecule has 14 heteroatoms. The monoisotopic (exact) mass is 535 g/mol. The zero-order valence-electron chi connectivity index (χ0n) is 20.8. The fraction of sp³-hybridized carbons (Fsp3) is 0.417. The van der Waals surface area contributed by atoms with Gasteiger partial charge >= 0.3 is 6.03 Å². The summed E-state index contributed by atoms with van der Waals surface area (Å²) in [6, 6.07) is 7.30. The lowest BCUT2D eigenvalue weighted by atomic mass is 10.1. The van der Waals surface area contributed by atoms with Crippen molar-refractivity contribution in [2.45, 2.75) is 38.0 Å². The minimum atomic E-state index is -0.280. The van der Waals surface area contributed by atoms with Crippen LogP contribution in [0.3, 0.4) is 0 Å². The molecule has 0 unspecified atom stereocenters. The third-order valence-corrected chi connectivity index (χ3v) is 6.78. The topological polar surface area (TPSA) is 168 Å². The highest BCUT2D eigenvalue weighted by atomic mass is 35.5. The van der Waals surface area contributed by atoms with Gasteiger partial charge in [0.2, 0.25) is 5.95 Å². The SMILES string of the molecule is CCNC(=O)N[C@H]1CN(c2cc(C#N)cc(Nc3nc(NC4CC4)c4ncc(C#N)n4n3)c2Cl)C[C@@H]1OC. The van der Waals surface area contributed by atoms with E-state index >= 15 is 0 Å². The number of methoxy groups -OCH3 is 1. The van der Waals surface area contributed by atoms with Crippen LogP contribution in [-0.2, 0) is 4.74 Å². The quantitative estimate of drug-likeness (QED) is 0.336. The highest BCUT2D eigenvalue weighted by Gasteiger charge is 2.35. The lowest BCUT2D eigenvalue weighted by Crippen LogP contribution is -2.48. The second-order valence-corrected chi connectivity index (χ2v) is 9.45. The predicted octanol–water partition coefficient (Wildman–Crippen LogP) is 2.36. The smallest absolute Gasteiger partial charge is 0.315 e. The van der Waals surface area contributed by atoms with Crippen LogP contribution in [0.4, 0.5) is 27.9 Å². The zero-order chi connectivity index (χ0) is 26.8. The van der Waals surface area contributed by atoms with Gasteiger partial charge in [0.1, 0.15) is 6.07 Å². The molecule has 1 saturated heterocycles. The van der Waals surface area contributed by atoms with Crippen LogP contribution in [0.5, 0.6) is 0 Å². The highest BCUT2D eigenvalue weighted by Crippen LogP contribution is 2.38. The third-order valence-electron chi connectivity index (χ3n) is 6.39. The third kappa shape index (κ3) is 5.07. The number of nitriles is 2. The van der Waals surface area contributed by atoms with E-state index in [1.54, 1.807) is 19.2 Å². The van der Waals surface area contributed by atoms with Gasteiger partial charge in [-0.1, -0.05) is 11.6 Å². The number of anilines is 4. The summed E-state index contributed by atoms with van der Waals surface area (Å²) in [7, 11) is 1.59. The molecular formula is C24H26ClN11O2. The Morgan fingerprint density at radius 2 is 2.08 bits per heavy atom. The van der Waals surface area contributed by atoms with E-state index in [0.29, 0.717) is 59.1 Å². The first-order valence-electron chi connectivity index (χ1n) is 12.2. The van der Waals surface area contributed by atoms with E-state index in [2.05, 4.69) is 48.5 Å². The minimum Gasteiger partial charge on any atom is -0.377 e. The number of carbonyl (C=O) groups excluding carboxylic acids is 1. The summed E-state index contributed by atoms with van der Waals surface area (Å²) in [6.45, 7) is 3.24. The number of aromatic nitrogens is 4. The number of urea groups is 1. The van der Waals surface area contributed by atoms with Crippen molar-refractivity contribution >= 4 is 46.4 Å². The standard InChI is InChI=1S/C24H26ClN11O2/c1-3-28-24(37)32-17-11-35(12-19(17)38-2)18-7-13(8-26)6-16(20(18)25)31-23-33-21(30-14-4-5-14)22-29-10-15(9-27)36(22)34-23/h6-7,10,14,17,19H,3-5,11-12H2,1-2H3,(H2,28,32,37)(H2,30,31,33,34)/t17-,19-/m0/s1. The van der Waals surface area contributed by atoms with Crippen molar-refractivity contribution in [3.8, 4) is 12.1 Å². The van der Waals surface area contributed by atoms with Gasteiger partial charge in [0.25, 0.3) is 0 Å². The molecule has 3 heterocycles. The van der Waals surface area contributed by atoms with Crippen molar-refractivity contribution in [1.82, 2.24) is 30.2 Å². The Labute approximate surface area is 223 Å². The number of ether oxygens (including phenoxy) is 1. The molecule has 196 valence electrons. The Morgan fingerprint density at radius 3 is 2.76 bits per heavy atom. The van der Waals surface area contributed by atoms with E-state index < -0.39 is 0 Å². The lowest BCUT2D eigenvalue weighted by Gasteiger charge is -2.22. The summed E-state index contributed by atoms with van der Waals surface area (Å²) < 4.78 is 7.03. The molecule has 2 fully saturated rings. The van der Waals surface area contributed by atoms with Gasteiger partial charge in [-0.25, -0.2) is 9.78 Å². The van der Waals surface area contributed by atoms with E-state index in [0.717, 1.165) is 12.8 Å². The summed E-state index contributed by atoms with van der Waals surface area (Å²) in [5.41, 5.74) is 2.11. The van der Waals surface area contributed by atoms with E-state index in [1.165, 1.54) is 10.7 Å². The molecule has 2 amide bonds. The van der Waals surface area contributed by atoms with E-state index in [9.17, 15) is 15.3 Å². The Bertz CT molecular complexity index is 1460. The van der Waals surface area contributed by atoms with E-state index in [-0.39, 0.29) is 29.8 Å². The summed E-state index contributed by atoms with van der Waals surface area (Å²) in [5.74, 6) is 0.686.